The number of carboxylic acid groups (broad SMARTS) is 2. The first-order chi connectivity index (χ1) is 5.04. The summed E-state index contributed by atoms with van der Waals surface area (Å²) in [7, 11) is -1.17. The number of hydrogen-bond acceptors (Lipinski definition) is 3. The quantitative estimate of drug-likeness (QED) is 0.524. The molecule has 0 radical (unpaired) electrons. The van der Waals surface area contributed by atoms with Crippen LogP contribution in [0.5, 0.6) is 0 Å². The van der Waals surface area contributed by atoms with E-state index in [1.165, 1.54) is 0 Å². The van der Waals surface area contributed by atoms with Crippen molar-refractivity contribution in [2.24, 2.45) is 0 Å². The third-order valence-electron chi connectivity index (χ3n) is 0.553. The zero-order valence-electron chi connectivity index (χ0n) is 5.48. The molecule has 0 bridgehead atoms. The van der Waals surface area contributed by atoms with Gasteiger partial charge in [0.1, 0.15) is 0 Å². The summed E-state index contributed by atoms with van der Waals surface area (Å²) in [5.41, 5.74) is 0. The average Bonchev–Trinajstić information content (AvgIpc) is 1.85. The molecule has 0 amide bonds. The van der Waals surface area contributed by atoms with E-state index in [2.05, 4.69) is 0 Å². The van der Waals surface area contributed by atoms with E-state index in [1.54, 1.807) is 0 Å². The average molecular weight is 183 g/mol. The molecule has 0 heterocycles. The van der Waals surface area contributed by atoms with Crippen LogP contribution < -0.4 is 0 Å². The van der Waals surface area contributed by atoms with Crippen LogP contribution in [0.4, 0.5) is 0 Å². The van der Waals surface area contributed by atoms with E-state index in [0.29, 0.717) is 0 Å². The highest BCUT2D eigenvalue weighted by Crippen LogP contribution is 1.86. The van der Waals surface area contributed by atoms with Crippen molar-refractivity contribution in [1.29, 1.82) is 0 Å². The SMILES string of the molecule is O=C(O)CCC(=O)O.O=[PH+]O. The Kier molecular flexibility index (Phi) is 10.4. The normalized spacial score (nSPS) is 8.09. The van der Waals surface area contributed by atoms with E-state index in [4.69, 9.17) is 19.7 Å². The van der Waals surface area contributed by atoms with Crippen molar-refractivity contribution in [2.45, 2.75) is 12.8 Å². The Morgan fingerprint density at radius 3 is 1.36 bits per heavy atom. The molecule has 0 rings (SSSR count). The van der Waals surface area contributed by atoms with Crippen LogP contribution in [-0.2, 0) is 14.2 Å². The summed E-state index contributed by atoms with van der Waals surface area (Å²) >= 11 is 0. The third-order valence-corrected chi connectivity index (χ3v) is 0.553. The number of rotatable bonds is 3. The first kappa shape index (κ1) is 12.7. The van der Waals surface area contributed by atoms with Gasteiger partial charge in [-0.2, -0.15) is 4.89 Å². The maximum atomic E-state index is 9.64. The fourth-order valence-corrected chi connectivity index (χ4v) is 0.214. The smallest absolute Gasteiger partial charge is 0.481 e. The Labute approximate surface area is 63.8 Å². The summed E-state index contributed by atoms with van der Waals surface area (Å²) in [6, 6.07) is 0. The predicted octanol–water partition coefficient (Wildman–Crippen LogP) is -0.147. The molecule has 0 saturated carbocycles. The van der Waals surface area contributed by atoms with Crippen LogP contribution in [-0.4, -0.2) is 27.0 Å². The van der Waals surface area contributed by atoms with Gasteiger partial charge in [-0.3, -0.25) is 9.59 Å². The molecule has 0 aromatic heterocycles. The van der Waals surface area contributed by atoms with Gasteiger partial charge in [-0.1, -0.05) is 0 Å². The predicted molar refractivity (Wildman–Crippen MR) is 35.7 cm³/mol. The van der Waals surface area contributed by atoms with Gasteiger partial charge in [0, 0.05) is 0 Å². The van der Waals surface area contributed by atoms with Crippen molar-refractivity contribution in [3.05, 3.63) is 0 Å². The molecule has 0 aliphatic heterocycles. The molecule has 0 fully saturated rings. The zero-order chi connectivity index (χ0) is 9.28. The summed E-state index contributed by atoms with van der Waals surface area (Å²) in [5.74, 6) is -2.15. The van der Waals surface area contributed by atoms with Gasteiger partial charge in [0.05, 0.1) is 12.8 Å². The molecule has 3 N–H and O–H groups in total. The highest BCUT2D eigenvalue weighted by Gasteiger charge is 2.00. The largest absolute Gasteiger partial charge is 0.491 e. The maximum absolute atomic E-state index is 9.64. The van der Waals surface area contributed by atoms with Gasteiger partial charge in [0.15, 0.2) is 0 Å². The van der Waals surface area contributed by atoms with Crippen LogP contribution in [0.1, 0.15) is 12.8 Å². The van der Waals surface area contributed by atoms with E-state index < -0.39 is 20.6 Å². The molecular weight excluding hydrogens is 175 g/mol. The first-order valence-corrected chi connectivity index (χ1v) is 3.35. The van der Waals surface area contributed by atoms with Gasteiger partial charge in [0.25, 0.3) is 0 Å². The van der Waals surface area contributed by atoms with Crippen LogP contribution in [0.25, 0.3) is 0 Å². The van der Waals surface area contributed by atoms with Crippen LogP contribution in [0.15, 0.2) is 0 Å². The molecule has 11 heavy (non-hydrogen) atoms. The lowest BCUT2D eigenvalue weighted by Gasteiger charge is -1.85. The van der Waals surface area contributed by atoms with Crippen molar-refractivity contribution in [1.82, 2.24) is 0 Å². The fraction of sp³-hybridized carbons (Fsp3) is 0.500. The lowest BCUT2D eigenvalue weighted by molar-refractivity contribution is -0.143. The maximum Gasteiger partial charge on any atom is 0.491 e. The molecule has 6 nitrogen and oxygen atoms in total. The second-order valence-corrected chi connectivity index (χ2v) is 1.56. The second kappa shape index (κ2) is 9.00. The minimum Gasteiger partial charge on any atom is -0.481 e. The van der Waals surface area contributed by atoms with Crippen LogP contribution in [0, 0.1) is 0 Å². The van der Waals surface area contributed by atoms with E-state index >= 15 is 0 Å². The molecule has 64 valence electrons. The van der Waals surface area contributed by atoms with Gasteiger partial charge in [-0.25, -0.2) is 0 Å². The molecule has 1 unspecified atom stereocenters. The highest BCUT2D eigenvalue weighted by molar-refractivity contribution is 7.16. The van der Waals surface area contributed by atoms with Gasteiger partial charge >= 0.3 is 20.6 Å². The lowest BCUT2D eigenvalue weighted by Crippen LogP contribution is -2.00. The number of hydrogen-bond donors (Lipinski definition) is 3. The number of aliphatic carboxylic acids is 2. The summed E-state index contributed by atoms with van der Waals surface area (Å²) in [5, 5.41) is 15.8. The molecular formula is C4H8O6P+. The Morgan fingerprint density at radius 1 is 1.09 bits per heavy atom. The van der Waals surface area contributed by atoms with Crippen molar-refractivity contribution in [3.63, 3.8) is 0 Å². The Hall–Kier alpha value is -1.00. The first-order valence-electron chi connectivity index (χ1n) is 2.49. The fourth-order valence-electron chi connectivity index (χ4n) is 0.214. The number of carboxylic acids is 2. The van der Waals surface area contributed by atoms with Gasteiger partial charge < -0.3 is 10.2 Å². The summed E-state index contributed by atoms with van der Waals surface area (Å²) in [4.78, 5) is 26.3. The van der Waals surface area contributed by atoms with E-state index in [-0.39, 0.29) is 12.8 Å². The van der Waals surface area contributed by atoms with E-state index in [1.807, 2.05) is 0 Å². The van der Waals surface area contributed by atoms with Gasteiger partial charge in [-0.05, 0) is 4.57 Å². The topological polar surface area (TPSA) is 112 Å². The van der Waals surface area contributed by atoms with Crippen molar-refractivity contribution in [3.8, 4) is 0 Å². The van der Waals surface area contributed by atoms with E-state index in [9.17, 15) is 9.59 Å². The summed E-state index contributed by atoms with van der Waals surface area (Å²) in [6.07, 6.45) is -0.593. The lowest BCUT2D eigenvalue weighted by atomic mass is 10.3. The molecule has 0 aromatic rings. The molecule has 7 heteroatoms. The Bertz CT molecular complexity index is 130. The van der Waals surface area contributed by atoms with Crippen molar-refractivity contribution >= 4 is 20.6 Å². The van der Waals surface area contributed by atoms with Crippen molar-refractivity contribution in [2.75, 3.05) is 0 Å². The zero-order valence-corrected chi connectivity index (χ0v) is 6.48. The monoisotopic (exact) mass is 183 g/mol. The molecule has 0 aromatic carbocycles. The van der Waals surface area contributed by atoms with Crippen LogP contribution in [0.3, 0.4) is 0 Å². The minimum atomic E-state index is -1.17. The standard InChI is InChI=1S/C4H6O4.HO2P/c5-3(6)1-2-4(7)8;1-3-2/h1-2H2,(H,5,6)(H,7,8);3H/p+1. The molecule has 0 saturated heterocycles. The van der Waals surface area contributed by atoms with Crippen LogP contribution >= 0.6 is 8.69 Å². The highest BCUT2D eigenvalue weighted by atomic mass is 31.1. The second-order valence-electron chi connectivity index (χ2n) is 1.38. The van der Waals surface area contributed by atoms with Gasteiger partial charge in [0.2, 0.25) is 0 Å². The van der Waals surface area contributed by atoms with E-state index in [0.717, 1.165) is 0 Å². The molecule has 0 aliphatic rings. The Morgan fingerprint density at radius 2 is 1.27 bits per heavy atom. The molecule has 0 aliphatic carbocycles. The molecule has 1 atom stereocenters. The Balaban J connectivity index is 0. The number of carbonyl (C=O) groups is 2. The summed E-state index contributed by atoms with van der Waals surface area (Å²) in [6.45, 7) is 0. The summed E-state index contributed by atoms with van der Waals surface area (Å²) < 4.78 is 8.51. The minimum absolute atomic E-state index is 0.296. The van der Waals surface area contributed by atoms with Gasteiger partial charge in [-0.15, -0.1) is 0 Å². The van der Waals surface area contributed by atoms with Crippen LogP contribution in [0.2, 0.25) is 0 Å². The third kappa shape index (κ3) is 27.6. The van der Waals surface area contributed by atoms with Crippen molar-refractivity contribution < 1.29 is 29.3 Å². The molecule has 0 spiro atoms.